The summed E-state index contributed by atoms with van der Waals surface area (Å²) >= 11 is 0. The summed E-state index contributed by atoms with van der Waals surface area (Å²) in [4.78, 5) is 2.42. The SMILES string of the molecule is CC(C)(C)c1cccc2c1oc1c(N(c3ccc(-c4ccc5cc(-c6ccc7ccccc7c6)ccc5c4)cc3)c3ccccc3-c3cccc4ccccc34)cc3ccccc3c12. The third-order valence-corrected chi connectivity index (χ3v) is 13.1. The Bertz CT molecular complexity index is 3770. The molecule has 1 aromatic heterocycles. The van der Waals surface area contributed by atoms with E-state index < -0.39 is 0 Å². The van der Waals surface area contributed by atoms with Crippen molar-refractivity contribution in [2.45, 2.75) is 26.2 Å². The standard InChI is InChI=1S/C62H45NO/c1-62(2,3)56-24-13-23-55-59-52-20-9-7-17-49(52)39-58(61(59)64-60(55)56)63(57-25-11-10-21-54(57)53-22-12-18-42-15-6-8-19-51(42)53)50-34-32-41(33-35-50)44-28-29-47-38-48(31-30-46(47)37-44)45-27-26-40-14-4-5-16-43(40)36-45/h4-39H,1-3H3. The largest absolute Gasteiger partial charge is 0.454 e. The molecule has 11 aromatic carbocycles. The summed E-state index contributed by atoms with van der Waals surface area (Å²) in [6.07, 6.45) is 0. The van der Waals surface area contributed by atoms with Gasteiger partial charge in [-0.25, -0.2) is 0 Å². The molecule has 12 aromatic rings. The Labute approximate surface area is 373 Å². The minimum absolute atomic E-state index is 0.109. The minimum Gasteiger partial charge on any atom is -0.454 e. The molecule has 0 aliphatic heterocycles. The van der Waals surface area contributed by atoms with Crippen LogP contribution >= 0.6 is 0 Å². The maximum atomic E-state index is 7.24. The highest BCUT2D eigenvalue weighted by atomic mass is 16.3. The van der Waals surface area contributed by atoms with E-state index in [1.807, 2.05) is 0 Å². The number of anilines is 3. The quantitative estimate of drug-likeness (QED) is 0.166. The zero-order valence-electron chi connectivity index (χ0n) is 36.1. The van der Waals surface area contributed by atoms with Gasteiger partial charge in [0.2, 0.25) is 0 Å². The fourth-order valence-corrected chi connectivity index (χ4v) is 9.93. The predicted octanol–water partition coefficient (Wildman–Crippen LogP) is 18.0. The summed E-state index contributed by atoms with van der Waals surface area (Å²) in [5.41, 5.74) is 13.2. The lowest BCUT2D eigenvalue weighted by atomic mass is 9.86. The molecule has 0 N–H and O–H groups in total. The normalized spacial score (nSPS) is 12.0. The zero-order chi connectivity index (χ0) is 42.9. The monoisotopic (exact) mass is 819 g/mol. The lowest BCUT2D eigenvalue weighted by Gasteiger charge is -2.29. The molecule has 12 rings (SSSR count). The number of benzene rings is 11. The number of hydrogen-bond donors (Lipinski definition) is 0. The molecule has 0 amide bonds. The Morgan fingerprint density at radius 1 is 0.344 bits per heavy atom. The van der Waals surface area contributed by atoms with Crippen molar-refractivity contribution < 1.29 is 4.42 Å². The molecule has 0 bridgehead atoms. The van der Waals surface area contributed by atoms with Crippen LogP contribution in [0.4, 0.5) is 17.1 Å². The van der Waals surface area contributed by atoms with Crippen LogP contribution in [0.5, 0.6) is 0 Å². The van der Waals surface area contributed by atoms with Crippen molar-refractivity contribution in [1.82, 2.24) is 0 Å². The van der Waals surface area contributed by atoms with Gasteiger partial charge in [0.1, 0.15) is 5.58 Å². The third kappa shape index (κ3) is 6.33. The Morgan fingerprint density at radius 3 is 1.59 bits per heavy atom. The summed E-state index contributed by atoms with van der Waals surface area (Å²) in [7, 11) is 0. The molecule has 0 spiro atoms. The van der Waals surface area contributed by atoms with E-state index in [9.17, 15) is 0 Å². The third-order valence-electron chi connectivity index (χ3n) is 13.1. The first-order chi connectivity index (χ1) is 31.4. The molecule has 1 heterocycles. The van der Waals surface area contributed by atoms with Gasteiger partial charge in [0.15, 0.2) is 5.58 Å². The van der Waals surface area contributed by atoms with Gasteiger partial charge in [0, 0.05) is 27.6 Å². The van der Waals surface area contributed by atoms with E-state index in [2.05, 4.69) is 244 Å². The van der Waals surface area contributed by atoms with Crippen molar-refractivity contribution in [3.8, 4) is 33.4 Å². The van der Waals surface area contributed by atoms with Crippen molar-refractivity contribution in [3.05, 3.63) is 224 Å². The van der Waals surface area contributed by atoms with Gasteiger partial charge < -0.3 is 9.32 Å². The summed E-state index contributed by atoms with van der Waals surface area (Å²) in [5, 5.41) is 12.0. The van der Waals surface area contributed by atoms with Crippen LogP contribution in [-0.2, 0) is 5.41 Å². The summed E-state index contributed by atoms with van der Waals surface area (Å²) in [6.45, 7) is 6.80. The maximum absolute atomic E-state index is 7.24. The fraction of sp³-hybridized carbons (Fsp3) is 0.0645. The second-order valence-corrected chi connectivity index (χ2v) is 18.1. The maximum Gasteiger partial charge on any atom is 0.160 e. The Hall–Kier alpha value is -7.94. The van der Waals surface area contributed by atoms with Gasteiger partial charge in [0.05, 0.1) is 11.4 Å². The Kier molecular flexibility index (Phi) is 8.77. The van der Waals surface area contributed by atoms with Crippen molar-refractivity contribution in [2.24, 2.45) is 0 Å². The van der Waals surface area contributed by atoms with Crippen LogP contribution in [0.2, 0.25) is 0 Å². The van der Waals surface area contributed by atoms with E-state index in [1.165, 1.54) is 65.5 Å². The van der Waals surface area contributed by atoms with Gasteiger partial charge >= 0.3 is 0 Å². The smallest absolute Gasteiger partial charge is 0.160 e. The summed E-state index contributed by atoms with van der Waals surface area (Å²) in [5.74, 6) is 0. The molecule has 304 valence electrons. The first kappa shape index (κ1) is 37.8. The molecular formula is C62H45NO. The molecule has 0 aliphatic rings. The van der Waals surface area contributed by atoms with Crippen LogP contribution in [0, 0.1) is 0 Å². The highest BCUT2D eigenvalue weighted by Crippen LogP contribution is 2.49. The van der Waals surface area contributed by atoms with Crippen LogP contribution in [0.15, 0.2) is 223 Å². The second kappa shape index (κ2) is 14.9. The Morgan fingerprint density at radius 2 is 0.859 bits per heavy atom. The molecule has 0 atom stereocenters. The fourth-order valence-electron chi connectivity index (χ4n) is 9.93. The van der Waals surface area contributed by atoms with Gasteiger partial charge in [-0.15, -0.1) is 0 Å². The number of furan rings is 1. The number of fused-ring (bicyclic) bond motifs is 8. The molecule has 0 aliphatic carbocycles. The van der Waals surface area contributed by atoms with Crippen molar-refractivity contribution in [2.75, 3.05) is 4.90 Å². The molecule has 0 unspecified atom stereocenters. The molecule has 2 heteroatoms. The minimum atomic E-state index is -0.109. The lowest BCUT2D eigenvalue weighted by Crippen LogP contribution is -2.12. The van der Waals surface area contributed by atoms with Crippen LogP contribution in [0.1, 0.15) is 26.3 Å². The van der Waals surface area contributed by atoms with Gasteiger partial charge in [0.25, 0.3) is 0 Å². The van der Waals surface area contributed by atoms with E-state index >= 15 is 0 Å². The van der Waals surface area contributed by atoms with E-state index in [0.29, 0.717) is 0 Å². The highest BCUT2D eigenvalue weighted by molar-refractivity contribution is 6.23. The van der Waals surface area contributed by atoms with Crippen molar-refractivity contribution in [3.63, 3.8) is 0 Å². The van der Waals surface area contributed by atoms with E-state index in [1.54, 1.807) is 0 Å². The number of para-hydroxylation sites is 2. The predicted molar refractivity (Wildman–Crippen MR) is 273 cm³/mol. The molecule has 2 nitrogen and oxygen atoms in total. The number of rotatable bonds is 6. The first-order valence-corrected chi connectivity index (χ1v) is 22.2. The molecule has 0 radical (unpaired) electrons. The van der Waals surface area contributed by atoms with E-state index in [4.69, 9.17) is 4.42 Å². The summed E-state index contributed by atoms with van der Waals surface area (Å²) < 4.78 is 7.24. The first-order valence-electron chi connectivity index (χ1n) is 22.2. The van der Waals surface area contributed by atoms with Crippen LogP contribution in [-0.4, -0.2) is 0 Å². The number of hydrogen-bond acceptors (Lipinski definition) is 2. The van der Waals surface area contributed by atoms with Gasteiger partial charge in [-0.05, 0) is 119 Å². The molecule has 0 saturated carbocycles. The average molecular weight is 820 g/mol. The Balaban J connectivity index is 1.03. The van der Waals surface area contributed by atoms with Crippen molar-refractivity contribution >= 4 is 82.1 Å². The van der Waals surface area contributed by atoms with E-state index in [0.717, 1.165) is 55.5 Å². The lowest BCUT2D eigenvalue weighted by molar-refractivity contribution is 0.573. The van der Waals surface area contributed by atoms with E-state index in [-0.39, 0.29) is 5.41 Å². The molecular weight excluding hydrogens is 775 g/mol. The van der Waals surface area contributed by atoms with Crippen molar-refractivity contribution in [1.29, 1.82) is 0 Å². The zero-order valence-corrected chi connectivity index (χ0v) is 36.1. The van der Waals surface area contributed by atoms with Crippen LogP contribution in [0.3, 0.4) is 0 Å². The van der Waals surface area contributed by atoms with Gasteiger partial charge in [-0.3, -0.25) is 0 Å². The molecule has 0 saturated heterocycles. The number of nitrogens with zero attached hydrogens (tertiary/aromatic N) is 1. The highest BCUT2D eigenvalue weighted by Gasteiger charge is 2.27. The van der Waals surface area contributed by atoms with Crippen LogP contribution in [0.25, 0.3) is 98.4 Å². The average Bonchev–Trinajstić information content (AvgIpc) is 3.74. The molecule has 64 heavy (non-hydrogen) atoms. The summed E-state index contributed by atoms with van der Waals surface area (Å²) in [6, 6.07) is 79.8. The second-order valence-electron chi connectivity index (χ2n) is 18.1. The van der Waals surface area contributed by atoms with Gasteiger partial charge in [-0.1, -0.05) is 197 Å². The van der Waals surface area contributed by atoms with Gasteiger partial charge in [-0.2, -0.15) is 0 Å². The van der Waals surface area contributed by atoms with Crippen LogP contribution < -0.4 is 4.90 Å². The topological polar surface area (TPSA) is 16.4 Å². The molecule has 0 fully saturated rings.